The minimum absolute atomic E-state index is 0.138. The molecule has 1 heterocycles. The van der Waals surface area contributed by atoms with E-state index in [9.17, 15) is 0 Å². The van der Waals surface area contributed by atoms with Gasteiger partial charge in [-0.2, -0.15) is 0 Å². The Balaban J connectivity index is 2.21. The van der Waals surface area contributed by atoms with Crippen LogP contribution in [0.3, 0.4) is 0 Å². The summed E-state index contributed by atoms with van der Waals surface area (Å²) in [5.41, 5.74) is 0.172. The van der Waals surface area contributed by atoms with Crippen LogP contribution in [0.2, 0.25) is 0 Å². The van der Waals surface area contributed by atoms with Gasteiger partial charge in [-0.05, 0) is 56.8 Å². The highest BCUT2D eigenvalue weighted by atomic mass is 16.8. The Kier molecular flexibility index (Phi) is 4.06. The molecule has 3 unspecified atom stereocenters. The molecule has 20 heavy (non-hydrogen) atoms. The second-order valence-electron chi connectivity index (χ2n) is 8.74. The number of hydrogen-bond donors (Lipinski definition) is 0. The molecule has 0 N–H and O–H groups in total. The topological polar surface area (TPSA) is 18.5 Å². The highest BCUT2D eigenvalue weighted by Gasteiger charge is 2.61. The van der Waals surface area contributed by atoms with Crippen LogP contribution in [0.4, 0.5) is 0 Å². The van der Waals surface area contributed by atoms with E-state index in [1.165, 1.54) is 12.8 Å². The minimum atomic E-state index is -0.434. The summed E-state index contributed by atoms with van der Waals surface area (Å²) in [5, 5.41) is 0. The van der Waals surface area contributed by atoms with Crippen molar-refractivity contribution in [1.82, 2.24) is 0 Å². The Morgan fingerprint density at radius 3 is 2.25 bits per heavy atom. The van der Waals surface area contributed by atoms with Crippen molar-refractivity contribution in [2.75, 3.05) is 0 Å². The SMILES string of the molecule is CC(C)CC[C@@H]1CC2OC(C)(C)OC2(C)C(C)C1(C)C. The first kappa shape index (κ1) is 16.3. The largest absolute Gasteiger partial charge is 0.344 e. The third-order valence-corrected chi connectivity index (χ3v) is 6.15. The maximum atomic E-state index is 6.34. The zero-order valence-corrected chi connectivity index (χ0v) is 14.7. The summed E-state index contributed by atoms with van der Waals surface area (Å²) >= 11 is 0. The van der Waals surface area contributed by atoms with Gasteiger partial charge in [-0.15, -0.1) is 0 Å². The van der Waals surface area contributed by atoms with Gasteiger partial charge in [0, 0.05) is 0 Å². The molecule has 0 aromatic carbocycles. The van der Waals surface area contributed by atoms with Gasteiger partial charge in [-0.25, -0.2) is 0 Å². The summed E-state index contributed by atoms with van der Waals surface area (Å²) in [6.45, 7) is 18.2. The lowest BCUT2D eigenvalue weighted by molar-refractivity contribution is -0.179. The van der Waals surface area contributed by atoms with Crippen molar-refractivity contribution in [3.05, 3.63) is 0 Å². The van der Waals surface area contributed by atoms with Crippen LogP contribution in [0, 0.1) is 23.2 Å². The Morgan fingerprint density at radius 1 is 1.10 bits per heavy atom. The van der Waals surface area contributed by atoms with Crippen LogP contribution >= 0.6 is 0 Å². The molecule has 4 atom stereocenters. The Bertz CT molecular complexity index is 358. The standard InChI is InChI=1S/C18H34O2/c1-12(2)9-10-14-11-15-18(8,13(3)16(14,4)5)20-17(6,7)19-15/h12-15H,9-11H2,1-8H3/t13?,14-,15?,18?/m1/s1. The van der Waals surface area contributed by atoms with Gasteiger partial charge in [0.2, 0.25) is 0 Å². The van der Waals surface area contributed by atoms with Crippen molar-refractivity contribution < 1.29 is 9.47 Å². The van der Waals surface area contributed by atoms with Crippen molar-refractivity contribution in [2.24, 2.45) is 23.2 Å². The predicted molar refractivity (Wildman–Crippen MR) is 83.6 cm³/mol. The van der Waals surface area contributed by atoms with Crippen molar-refractivity contribution in [2.45, 2.75) is 92.1 Å². The van der Waals surface area contributed by atoms with Gasteiger partial charge in [0.05, 0.1) is 11.7 Å². The molecule has 0 bridgehead atoms. The van der Waals surface area contributed by atoms with Gasteiger partial charge < -0.3 is 9.47 Å². The lowest BCUT2D eigenvalue weighted by Gasteiger charge is -2.53. The third kappa shape index (κ3) is 2.66. The van der Waals surface area contributed by atoms with E-state index >= 15 is 0 Å². The smallest absolute Gasteiger partial charge is 0.164 e. The highest BCUT2D eigenvalue weighted by molar-refractivity contribution is 5.07. The minimum Gasteiger partial charge on any atom is -0.344 e. The van der Waals surface area contributed by atoms with E-state index in [4.69, 9.17) is 9.47 Å². The first-order chi connectivity index (χ1) is 8.99. The number of fused-ring (bicyclic) bond motifs is 1. The van der Waals surface area contributed by atoms with Gasteiger partial charge in [-0.3, -0.25) is 0 Å². The second-order valence-corrected chi connectivity index (χ2v) is 8.74. The van der Waals surface area contributed by atoms with Crippen molar-refractivity contribution in [1.29, 1.82) is 0 Å². The molecule has 2 aliphatic rings. The lowest BCUT2D eigenvalue weighted by atomic mass is 9.55. The lowest BCUT2D eigenvalue weighted by Crippen LogP contribution is -2.56. The summed E-state index contributed by atoms with van der Waals surface area (Å²) < 4.78 is 12.6. The molecule has 2 nitrogen and oxygen atoms in total. The number of rotatable bonds is 3. The van der Waals surface area contributed by atoms with Crippen LogP contribution in [0.25, 0.3) is 0 Å². The molecular weight excluding hydrogens is 248 g/mol. The first-order valence-electron chi connectivity index (χ1n) is 8.37. The van der Waals surface area contributed by atoms with Gasteiger partial charge in [0.25, 0.3) is 0 Å². The quantitative estimate of drug-likeness (QED) is 0.724. The van der Waals surface area contributed by atoms with Crippen molar-refractivity contribution in [3.63, 3.8) is 0 Å². The summed E-state index contributed by atoms with van der Waals surface area (Å²) in [7, 11) is 0. The Labute approximate surface area is 125 Å². The predicted octanol–water partition coefficient (Wildman–Crippen LogP) is 5.02. The molecule has 0 amide bonds. The zero-order chi connectivity index (χ0) is 15.3. The second kappa shape index (κ2) is 4.98. The van der Waals surface area contributed by atoms with Crippen LogP contribution in [-0.4, -0.2) is 17.5 Å². The van der Waals surface area contributed by atoms with Gasteiger partial charge in [0.15, 0.2) is 5.79 Å². The van der Waals surface area contributed by atoms with Crippen LogP contribution in [0.5, 0.6) is 0 Å². The molecule has 118 valence electrons. The molecular formula is C18H34O2. The summed E-state index contributed by atoms with van der Waals surface area (Å²) in [4.78, 5) is 0. The Morgan fingerprint density at radius 2 is 1.70 bits per heavy atom. The van der Waals surface area contributed by atoms with Crippen LogP contribution in [-0.2, 0) is 9.47 Å². The van der Waals surface area contributed by atoms with Gasteiger partial charge in [0.1, 0.15) is 0 Å². The van der Waals surface area contributed by atoms with Crippen LogP contribution in [0.15, 0.2) is 0 Å². The van der Waals surface area contributed by atoms with E-state index in [2.05, 4.69) is 55.4 Å². The van der Waals surface area contributed by atoms with E-state index in [1.807, 2.05) is 0 Å². The van der Waals surface area contributed by atoms with E-state index in [1.54, 1.807) is 0 Å². The van der Waals surface area contributed by atoms with E-state index in [-0.39, 0.29) is 11.7 Å². The van der Waals surface area contributed by atoms with Gasteiger partial charge >= 0.3 is 0 Å². The summed E-state index contributed by atoms with van der Waals surface area (Å²) in [5.74, 6) is 1.59. The molecule has 1 aliphatic heterocycles. The third-order valence-electron chi connectivity index (χ3n) is 6.15. The van der Waals surface area contributed by atoms with E-state index < -0.39 is 5.79 Å². The molecule has 2 heteroatoms. The fourth-order valence-electron chi connectivity index (χ4n) is 4.41. The average molecular weight is 282 g/mol. The molecule has 0 spiro atoms. The maximum Gasteiger partial charge on any atom is 0.164 e. The summed E-state index contributed by atoms with van der Waals surface area (Å²) in [6.07, 6.45) is 4.02. The fourth-order valence-corrected chi connectivity index (χ4v) is 4.41. The maximum absolute atomic E-state index is 6.34. The zero-order valence-electron chi connectivity index (χ0n) is 14.7. The highest BCUT2D eigenvalue weighted by Crippen LogP contribution is 2.57. The molecule has 1 saturated carbocycles. The average Bonchev–Trinajstić information content (AvgIpc) is 2.52. The molecule has 0 radical (unpaired) electrons. The molecule has 2 rings (SSSR count). The van der Waals surface area contributed by atoms with Crippen LogP contribution < -0.4 is 0 Å². The monoisotopic (exact) mass is 282 g/mol. The first-order valence-corrected chi connectivity index (χ1v) is 8.37. The molecule has 1 saturated heterocycles. The van der Waals surface area contributed by atoms with Crippen LogP contribution in [0.1, 0.15) is 74.7 Å². The fraction of sp³-hybridized carbons (Fsp3) is 1.00. The normalized spacial score (nSPS) is 42.8. The van der Waals surface area contributed by atoms with E-state index in [0.717, 1.165) is 18.3 Å². The number of hydrogen-bond acceptors (Lipinski definition) is 2. The molecule has 0 aromatic rings. The van der Waals surface area contributed by atoms with E-state index in [0.29, 0.717) is 11.3 Å². The summed E-state index contributed by atoms with van der Waals surface area (Å²) in [6, 6.07) is 0. The van der Waals surface area contributed by atoms with Crippen molar-refractivity contribution in [3.8, 4) is 0 Å². The number of ether oxygens (including phenoxy) is 2. The molecule has 0 aromatic heterocycles. The van der Waals surface area contributed by atoms with Crippen molar-refractivity contribution >= 4 is 0 Å². The molecule has 1 aliphatic carbocycles. The molecule has 2 fully saturated rings. The van der Waals surface area contributed by atoms with Gasteiger partial charge in [-0.1, -0.05) is 41.0 Å². The Hall–Kier alpha value is -0.0800.